The quantitative estimate of drug-likeness (QED) is 0.763. The largest absolute Gasteiger partial charge is 0.341 e. The summed E-state index contributed by atoms with van der Waals surface area (Å²) in [7, 11) is 1.48. The Morgan fingerprint density at radius 1 is 1.00 bits per heavy atom. The van der Waals surface area contributed by atoms with Crippen molar-refractivity contribution < 1.29 is 9.59 Å². The zero-order valence-electron chi connectivity index (χ0n) is 14.0. The van der Waals surface area contributed by atoms with E-state index in [0.29, 0.717) is 6.54 Å². The number of aryl methyl sites for hydroxylation is 1. The molecule has 24 heavy (non-hydrogen) atoms. The summed E-state index contributed by atoms with van der Waals surface area (Å²) in [4.78, 5) is 23.8. The monoisotopic (exact) mass is 325 g/mol. The fourth-order valence-electron chi connectivity index (χ4n) is 2.50. The van der Waals surface area contributed by atoms with Crippen molar-refractivity contribution in [3.8, 4) is 0 Å². The molecule has 0 unspecified atom stereocenters. The number of nitrogens with one attached hydrogen (secondary N) is 3. The predicted octanol–water partition coefficient (Wildman–Crippen LogP) is 2.32. The van der Waals surface area contributed by atoms with Crippen molar-refractivity contribution >= 4 is 11.9 Å². The third-order valence-corrected chi connectivity index (χ3v) is 3.86. The maximum Gasteiger partial charge on any atom is 0.321 e. The van der Waals surface area contributed by atoms with E-state index in [1.54, 1.807) is 0 Å². The van der Waals surface area contributed by atoms with Gasteiger partial charge in [0, 0.05) is 13.6 Å². The topological polar surface area (TPSA) is 70.2 Å². The number of hydrogen-bond acceptors (Lipinski definition) is 3. The molecule has 5 nitrogen and oxygen atoms in total. The molecule has 3 amide bonds. The molecule has 0 fully saturated rings. The number of amides is 3. The molecule has 126 valence electrons. The minimum Gasteiger partial charge on any atom is -0.341 e. The van der Waals surface area contributed by atoms with Crippen LogP contribution in [0.2, 0.25) is 0 Å². The van der Waals surface area contributed by atoms with Crippen LogP contribution in [0, 0.1) is 6.92 Å². The summed E-state index contributed by atoms with van der Waals surface area (Å²) in [5.74, 6) is -0.370. The van der Waals surface area contributed by atoms with Gasteiger partial charge in [0.25, 0.3) is 0 Å². The number of rotatable bonds is 6. The van der Waals surface area contributed by atoms with Crippen LogP contribution in [0.1, 0.15) is 22.7 Å². The first kappa shape index (κ1) is 17.7. The van der Waals surface area contributed by atoms with Gasteiger partial charge in [-0.25, -0.2) is 4.79 Å². The van der Waals surface area contributed by atoms with Crippen molar-refractivity contribution in [1.29, 1.82) is 0 Å². The molecule has 0 aliphatic rings. The maximum atomic E-state index is 12.4. The normalized spacial score (nSPS) is 11.6. The van der Waals surface area contributed by atoms with E-state index in [4.69, 9.17) is 0 Å². The van der Waals surface area contributed by atoms with Gasteiger partial charge in [0.2, 0.25) is 5.91 Å². The molecule has 2 aromatic rings. The Morgan fingerprint density at radius 3 is 2.33 bits per heavy atom. The predicted molar refractivity (Wildman–Crippen MR) is 94.7 cm³/mol. The maximum absolute atomic E-state index is 12.4. The van der Waals surface area contributed by atoms with Gasteiger partial charge in [-0.05, 0) is 30.0 Å². The molecular weight excluding hydrogens is 302 g/mol. The van der Waals surface area contributed by atoms with Crippen molar-refractivity contribution in [2.75, 3.05) is 13.6 Å². The van der Waals surface area contributed by atoms with Gasteiger partial charge in [0.05, 0.1) is 0 Å². The lowest BCUT2D eigenvalue weighted by molar-refractivity contribution is -0.122. The second-order valence-corrected chi connectivity index (χ2v) is 5.54. The Hall–Kier alpha value is -2.66. The molecule has 5 heteroatoms. The highest BCUT2D eigenvalue weighted by atomic mass is 16.2. The van der Waals surface area contributed by atoms with Gasteiger partial charge in [-0.15, -0.1) is 0 Å². The fraction of sp³-hybridized carbons (Fsp3) is 0.263. The first-order valence-corrected chi connectivity index (χ1v) is 7.97. The van der Waals surface area contributed by atoms with Gasteiger partial charge >= 0.3 is 6.03 Å². The molecule has 0 aliphatic heterocycles. The number of carbonyl (C=O) groups is 2. The second-order valence-electron chi connectivity index (χ2n) is 5.54. The van der Waals surface area contributed by atoms with Crippen molar-refractivity contribution in [2.45, 2.75) is 19.4 Å². The van der Waals surface area contributed by atoms with Crippen molar-refractivity contribution in [3.63, 3.8) is 0 Å². The number of imide groups is 1. The molecule has 0 saturated heterocycles. The molecule has 1 atom stereocenters. The molecule has 0 aliphatic carbocycles. The Kier molecular flexibility index (Phi) is 6.51. The standard InChI is InChI=1S/C19H23N3O2/c1-14-8-6-7-9-15(14)12-13-21-17(16-10-4-3-5-11-16)18(23)22-19(24)20-2/h3-11,17,21H,12-13H2,1-2H3,(H2,20,22,23,24)/t17-/m0/s1. The molecule has 0 aromatic heterocycles. The zero-order chi connectivity index (χ0) is 17.4. The van der Waals surface area contributed by atoms with Crippen LogP contribution in [0.5, 0.6) is 0 Å². The molecule has 0 heterocycles. The lowest BCUT2D eigenvalue weighted by Crippen LogP contribution is -2.44. The van der Waals surface area contributed by atoms with E-state index < -0.39 is 12.1 Å². The highest BCUT2D eigenvalue weighted by Gasteiger charge is 2.21. The molecule has 0 radical (unpaired) electrons. The van der Waals surface area contributed by atoms with Crippen LogP contribution >= 0.6 is 0 Å². The van der Waals surface area contributed by atoms with Crippen LogP contribution in [0.3, 0.4) is 0 Å². The van der Waals surface area contributed by atoms with E-state index in [2.05, 4.69) is 35.0 Å². The van der Waals surface area contributed by atoms with E-state index in [1.165, 1.54) is 18.2 Å². The lowest BCUT2D eigenvalue weighted by atomic mass is 10.0. The Labute approximate surface area is 142 Å². The second kappa shape index (κ2) is 8.84. The fourth-order valence-corrected chi connectivity index (χ4v) is 2.50. The number of carbonyl (C=O) groups excluding carboxylic acids is 2. The molecule has 3 N–H and O–H groups in total. The highest BCUT2D eigenvalue weighted by Crippen LogP contribution is 2.13. The van der Waals surface area contributed by atoms with E-state index in [-0.39, 0.29) is 5.91 Å². The van der Waals surface area contributed by atoms with Crippen LogP contribution in [0.25, 0.3) is 0 Å². The third kappa shape index (κ3) is 4.93. The SMILES string of the molecule is CNC(=O)NC(=O)[C@@H](NCCc1ccccc1C)c1ccccc1. The number of benzene rings is 2. The van der Waals surface area contributed by atoms with Gasteiger partial charge in [-0.1, -0.05) is 54.6 Å². The van der Waals surface area contributed by atoms with Gasteiger partial charge in [-0.2, -0.15) is 0 Å². The Morgan fingerprint density at radius 2 is 1.67 bits per heavy atom. The minimum atomic E-state index is -0.576. The van der Waals surface area contributed by atoms with Gasteiger partial charge < -0.3 is 10.6 Å². The van der Waals surface area contributed by atoms with Gasteiger partial charge in [0.1, 0.15) is 6.04 Å². The number of urea groups is 1. The van der Waals surface area contributed by atoms with Crippen LogP contribution in [0.15, 0.2) is 54.6 Å². The first-order chi connectivity index (χ1) is 11.6. The summed E-state index contributed by atoms with van der Waals surface area (Å²) in [5, 5.41) is 7.98. The summed E-state index contributed by atoms with van der Waals surface area (Å²) < 4.78 is 0. The first-order valence-electron chi connectivity index (χ1n) is 7.97. The van der Waals surface area contributed by atoms with Crippen LogP contribution in [-0.4, -0.2) is 25.5 Å². The summed E-state index contributed by atoms with van der Waals surface area (Å²) in [6, 6.07) is 16.5. The minimum absolute atomic E-state index is 0.370. The van der Waals surface area contributed by atoms with Crippen molar-refractivity contribution in [1.82, 2.24) is 16.0 Å². The molecule has 0 bridgehead atoms. The molecule has 0 saturated carbocycles. The average Bonchev–Trinajstić information content (AvgIpc) is 2.60. The average molecular weight is 325 g/mol. The zero-order valence-corrected chi connectivity index (χ0v) is 14.0. The van der Waals surface area contributed by atoms with Crippen molar-refractivity contribution in [2.24, 2.45) is 0 Å². The Balaban J connectivity index is 2.05. The Bertz CT molecular complexity index is 686. The van der Waals surface area contributed by atoms with Crippen molar-refractivity contribution in [3.05, 3.63) is 71.3 Å². The molecular formula is C19H23N3O2. The van der Waals surface area contributed by atoms with E-state index in [1.807, 2.05) is 42.5 Å². The van der Waals surface area contributed by atoms with E-state index in [9.17, 15) is 9.59 Å². The van der Waals surface area contributed by atoms with Crippen LogP contribution in [0.4, 0.5) is 4.79 Å². The van der Waals surface area contributed by atoms with Crippen LogP contribution < -0.4 is 16.0 Å². The van der Waals surface area contributed by atoms with E-state index in [0.717, 1.165) is 12.0 Å². The van der Waals surface area contributed by atoms with E-state index >= 15 is 0 Å². The smallest absolute Gasteiger partial charge is 0.321 e. The van der Waals surface area contributed by atoms with Gasteiger partial charge in [-0.3, -0.25) is 10.1 Å². The lowest BCUT2D eigenvalue weighted by Gasteiger charge is -2.18. The summed E-state index contributed by atoms with van der Waals surface area (Å²) in [6.45, 7) is 2.70. The summed E-state index contributed by atoms with van der Waals surface area (Å²) >= 11 is 0. The van der Waals surface area contributed by atoms with Crippen LogP contribution in [-0.2, 0) is 11.2 Å². The third-order valence-electron chi connectivity index (χ3n) is 3.86. The van der Waals surface area contributed by atoms with Gasteiger partial charge in [0.15, 0.2) is 0 Å². The summed E-state index contributed by atoms with van der Waals surface area (Å²) in [6.07, 6.45) is 0.809. The molecule has 2 aromatic carbocycles. The summed E-state index contributed by atoms with van der Waals surface area (Å²) in [5.41, 5.74) is 3.29. The highest BCUT2D eigenvalue weighted by molar-refractivity contribution is 5.97. The molecule has 2 rings (SSSR count). The molecule has 0 spiro atoms. The number of hydrogen-bond donors (Lipinski definition) is 3.